The van der Waals surface area contributed by atoms with Crippen molar-refractivity contribution in [3.05, 3.63) is 0 Å². The van der Waals surface area contributed by atoms with Crippen LogP contribution in [0.5, 0.6) is 0 Å². The van der Waals surface area contributed by atoms with Crippen LogP contribution in [0.25, 0.3) is 0 Å². The quantitative estimate of drug-likeness (QED) is 0.709. The number of aliphatic hydroxyl groups is 1. The molecule has 0 radical (unpaired) electrons. The summed E-state index contributed by atoms with van der Waals surface area (Å²) in [7, 11) is 0. The molecule has 1 unspecified atom stereocenters. The predicted octanol–water partition coefficient (Wildman–Crippen LogP) is 0.121. The van der Waals surface area contributed by atoms with E-state index in [-0.39, 0.29) is 18.2 Å². The number of hydrogen-bond donors (Lipinski definition) is 2. The fourth-order valence-electron chi connectivity index (χ4n) is 4.14. The molecule has 3 aliphatic rings. The summed E-state index contributed by atoms with van der Waals surface area (Å²) in [5.74, 6) is -0.177. The number of nitrogens with one attached hydrogen (secondary N) is 1. The summed E-state index contributed by atoms with van der Waals surface area (Å²) >= 11 is 0. The number of carbonyl (C=O) groups excluding carboxylic acids is 2. The first-order valence-corrected chi connectivity index (χ1v) is 9.66. The predicted molar refractivity (Wildman–Crippen MR) is 93.0 cm³/mol. The summed E-state index contributed by atoms with van der Waals surface area (Å²) in [5, 5.41) is 13.2. The topological polar surface area (TPSA) is 82.1 Å². The first-order valence-electron chi connectivity index (χ1n) is 9.66. The van der Waals surface area contributed by atoms with Gasteiger partial charge in [-0.15, -0.1) is 0 Å². The van der Waals surface area contributed by atoms with Gasteiger partial charge in [-0.05, 0) is 25.7 Å². The molecule has 142 valence electrons. The third-order valence-corrected chi connectivity index (χ3v) is 5.68. The lowest BCUT2D eigenvalue weighted by atomic mass is 9.97. The number of ether oxygens (including phenoxy) is 1. The summed E-state index contributed by atoms with van der Waals surface area (Å²) in [6.07, 6.45) is 5.03. The van der Waals surface area contributed by atoms with Gasteiger partial charge in [-0.25, -0.2) is 0 Å². The molecule has 0 bridgehead atoms. The second kappa shape index (κ2) is 8.47. The monoisotopic (exact) mass is 353 g/mol. The van der Waals surface area contributed by atoms with E-state index in [2.05, 4.69) is 10.2 Å². The normalized spacial score (nSPS) is 27.5. The number of likely N-dealkylation sites (tertiary alicyclic amines) is 1. The van der Waals surface area contributed by atoms with Crippen LogP contribution in [0.15, 0.2) is 0 Å². The number of amides is 2. The summed E-state index contributed by atoms with van der Waals surface area (Å²) in [5.41, 5.74) is -0.863. The molecule has 25 heavy (non-hydrogen) atoms. The van der Waals surface area contributed by atoms with Gasteiger partial charge in [0.15, 0.2) is 0 Å². The Labute approximate surface area is 149 Å². The van der Waals surface area contributed by atoms with Crippen LogP contribution >= 0.6 is 0 Å². The Morgan fingerprint density at radius 3 is 2.60 bits per heavy atom. The Hall–Kier alpha value is -1.18. The molecule has 0 aromatic heterocycles. The highest BCUT2D eigenvalue weighted by Gasteiger charge is 2.36. The zero-order valence-corrected chi connectivity index (χ0v) is 15.0. The molecular weight excluding hydrogens is 322 g/mol. The lowest BCUT2D eigenvalue weighted by molar-refractivity contribution is -0.140. The van der Waals surface area contributed by atoms with Crippen molar-refractivity contribution >= 4 is 11.8 Å². The largest absolute Gasteiger partial charge is 0.389 e. The standard InChI is InChI=1S/C18H31N3O4/c22-16(14-18(24)5-1-2-6-18)19-15-4-3-7-21(17(15)23)9-8-20-10-12-25-13-11-20/h15,24H,1-14H2,(H,19,22). The lowest BCUT2D eigenvalue weighted by Crippen LogP contribution is -2.54. The first kappa shape index (κ1) is 18.6. The van der Waals surface area contributed by atoms with Crippen molar-refractivity contribution in [1.82, 2.24) is 15.1 Å². The van der Waals surface area contributed by atoms with Crippen molar-refractivity contribution in [1.29, 1.82) is 0 Å². The molecule has 3 fully saturated rings. The minimum Gasteiger partial charge on any atom is -0.389 e. The van der Waals surface area contributed by atoms with Gasteiger partial charge in [-0.1, -0.05) is 12.8 Å². The van der Waals surface area contributed by atoms with E-state index in [1.807, 2.05) is 4.90 Å². The SMILES string of the molecule is O=C(CC1(O)CCCC1)NC1CCCN(CCN2CCOCC2)C1=O. The van der Waals surface area contributed by atoms with E-state index < -0.39 is 11.6 Å². The van der Waals surface area contributed by atoms with Crippen LogP contribution in [-0.4, -0.2) is 84.3 Å². The molecule has 2 heterocycles. The van der Waals surface area contributed by atoms with Gasteiger partial charge in [0.05, 0.1) is 25.2 Å². The summed E-state index contributed by atoms with van der Waals surface area (Å²) in [6.45, 7) is 5.68. The molecular formula is C18H31N3O4. The molecule has 0 spiro atoms. The number of rotatable bonds is 6. The highest BCUT2D eigenvalue weighted by atomic mass is 16.5. The van der Waals surface area contributed by atoms with Gasteiger partial charge >= 0.3 is 0 Å². The highest BCUT2D eigenvalue weighted by molar-refractivity contribution is 5.88. The Morgan fingerprint density at radius 2 is 1.88 bits per heavy atom. The van der Waals surface area contributed by atoms with Crippen LogP contribution in [-0.2, 0) is 14.3 Å². The number of hydrogen-bond acceptors (Lipinski definition) is 5. The number of piperidine rings is 1. The smallest absolute Gasteiger partial charge is 0.245 e. The summed E-state index contributed by atoms with van der Waals surface area (Å²) < 4.78 is 5.35. The van der Waals surface area contributed by atoms with E-state index in [4.69, 9.17) is 4.74 Å². The van der Waals surface area contributed by atoms with Gasteiger partial charge in [0, 0.05) is 32.7 Å². The summed E-state index contributed by atoms with van der Waals surface area (Å²) in [6, 6.07) is -0.434. The van der Waals surface area contributed by atoms with Crippen LogP contribution in [0.2, 0.25) is 0 Å². The summed E-state index contributed by atoms with van der Waals surface area (Å²) in [4.78, 5) is 29.1. The minimum atomic E-state index is -0.863. The van der Waals surface area contributed by atoms with Gasteiger partial charge in [0.2, 0.25) is 11.8 Å². The Kier molecular flexibility index (Phi) is 6.30. The van der Waals surface area contributed by atoms with Crippen molar-refractivity contribution in [2.24, 2.45) is 0 Å². The van der Waals surface area contributed by atoms with Crippen molar-refractivity contribution in [3.8, 4) is 0 Å². The molecule has 0 aromatic carbocycles. The van der Waals surface area contributed by atoms with E-state index in [9.17, 15) is 14.7 Å². The van der Waals surface area contributed by atoms with Crippen molar-refractivity contribution in [2.45, 2.75) is 56.6 Å². The van der Waals surface area contributed by atoms with Crippen molar-refractivity contribution in [3.63, 3.8) is 0 Å². The van der Waals surface area contributed by atoms with Gasteiger partial charge in [-0.2, -0.15) is 0 Å². The van der Waals surface area contributed by atoms with E-state index in [0.29, 0.717) is 25.8 Å². The van der Waals surface area contributed by atoms with E-state index >= 15 is 0 Å². The van der Waals surface area contributed by atoms with Gasteiger partial charge < -0.3 is 20.1 Å². The zero-order valence-electron chi connectivity index (χ0n) is 15.0. The lowest BCUT2D eigenvalue weighted by Gasteiger charge is -2.35. The Balaban J connectivity index is 1.45. The van der Waals surface area contributed by atoms with E-state index in [1.54, 1.807) is 0 Å². The van der Waals surface area contributed by atoms with Crippen LogP contribution in [0.4, 0.5) is 0 Å². The average molecular weight is 353 g/mol. The molecule has 0 aromatic rings. The number of morpholine rings is 1. The van der Waals surface area contributed by atoms with Crippen molar-refractivity contribution in [2.75, 3.05) is 45.9 Å². The first-order chi connectivity index (χ1) is 12.1. The molecule has 7 nitrogen and oxygen atoms in total. The maximum atomic E-state index is 12.7. The Bertz CT molecular complexity index is 473. The second-order valence-corrected chi connectivity index (χ2v) is 7.65. The van der Waals surface area contributed by atoms with E-state index in [1.165, 1.54) is 0 Å². The number of carbonyl (C=O) groups is 2. The minimum absolute atomic E-state index is 0.0197. The van der Waals surface area contributed by atoms with Crippen LogP contribution in [0.3, 0.4) is 0 Å². The fourth-order valence-corrected chi connectivity index (χ4v) is 4.14. The van der Waals surface area contributed by atoms with Crippen molar-refractivity contribution < 1.29 is 19.4 Å². The Morgan fingerprint density at radius 1 is 1.16 bits per heavy atom. The molecule has 2 N–H and O–H groups in total. The molecule has 1 saturated carbocycles. The highest BCUT2D eigenvalue weighted by Crippen LogP contribution is 2.32. The maximum absolute atomic E-state index is 12.7. The molecule has 1 aliphatic carbocycles. The third kappa shape index (κ3) is 5.15. The second-order valence-electron chi connectivity index (χ2n) is 7.65. The third-order valence-electron chi connectivity index (χ3n) is 5.68. The molecule has 2 aliphatic heterocycles. The van der Waals surface area contributed by atoms with E-state index in [0.717, 1.165) is 58.7 Å². The van der Waals surface area contributed by atoms with Crippen LogP contribution < -0.4 is 5.32 Å². The molecule has 2 amide bonds. The number of nitrogens with zero attached hydrogens (tertiary/aromatic N) is 2. The van der Waals surface area contributed by atoms with Crippen LogP contribution in [0, 0.1) is 0 Å². The fraction of sp³-hybridized carbons (Fsp3) is 0.889. The average Bonchev–Trinajstić information content (AvgIpc) is 3.02. The molecule has 2 saturated heterocycles. The zero-order chi connectivity index (χ0) is 17.7. The molecule has 3 rings (SSSR count). The van der Waals surface area contributed by atoms with Gasteiger partial charge in [-0.3, -0.25) is 14.5 Å². The molecule has 1 atom stereocenters. The van der Waals surface area contributed by atoms with Gasteiger partial charge in [0.25, 0.3) is 0 Å². The molecule has 7 heteroatoms. The maximum Gasteiger partial charge on any atom is 0.245 e. The van der Waals surface area contributed by atoms with Gasteiger partial charge in [0.1, 0.15) is 6.04 Å². The van der Waals surface area contributed by atoms with Crippen LogP contribution in [0.1, 0.15) is 44.9 Å².